The molecule has 0 saturated carbocycles. The largest absolute Gasteiger partial charge is 0.491 e. The van der Waals surface area contributed by atoms with Gasteiger partial charge in [-0.25, -0.2) is 8.91 Å². The Morgan fingerprint density at radius 1 is 1.14 bits per heavy atom. The first-order chi connectivity index (χ1) is 9.90. The molecule has 0 unspecified atom stereocenters. The van der Waals surface area contributed by atoms with Crippen molar-refractivity contribution >= 4 is 18.2 Å². The van der Waals surface area contributed by atoms with E-state index < -0.39 is 12.9 Å². The van der Waals surface area contributed by atoms with Crippen molar-refractivity contribution in [2.45, 2.75) is 20.8 Å². The maximum absolute atomic E-state index is 13.9. The van der Waals surface area contributed by atoms with Crippen LogP contribution in [-0.2, 0) is 0 Å². The molecular weight excluding hydrogens is 274 g/mol. The molecule has 3 rings (SSSR count). The van der Waals surface area contributed by atoms with Gasteiger partial charge in [0, 0.05) is 16.9 Å². The fraction of sp³-hybridized carbons (Fsp3) is 0.231. The molecule has 6 nitrogen and oxygen atoms in total. The Bertz CT molecular complexity index is 821. The monoisotopic (exact) mass is 288 g/mol. The molecule has 0 aromatic carbocycles. The maximum atomic E-state index is 13.9. The topological polar surface area (TPSA) is 75.6 Å². The highest BCUT2D eigenvalue weighted by atomic mass is 19.1. The van der Waals surface area contributed by atoms with E-state index in [1.54, 1.807) is 6.92 Å². The van der Waals surface area contributed by atoms with Crippen LogP contribution in [0, 0.1) is 26.6 Å². The number of hydrogen-bond donors (Lipinski definition) is 2. The first-order valence-electron chi connectivity index (χ1n) is 6.47. The molecule has 8 heteroatoms. The van der Waals surface area contributed by atoms with Crippen molar-refractivity contribution in [1.82, 2.24) is 19.2 Å². The van der Waals surface area contributed by atoms with Gasteiger partial charge in [-0.15, -0.1) is 5.10 Å². The second kappa shape index (κ2) is 4.68. The second-order valence-electron chi connectivity index (χ2n) is 5.02. The van der Waals surface area contributed by atoms with Crippen molar-refractivity contribution in [3.05, 3.63) is 41.1 Å². The molecule has 3 aromatic heterocycles. The first kappa shape index (κ1) is 13.8. The minimum absolute atomic E-state index is 0.178. The smallest absolute Gasteiger partial charge is 0.423 e. The van der Waals surface area contributed by atoms with Crippen LogP contribution in [0.4, 0.5) is 4.39 Å². The molecule has 0 bridgehead atoms. The lowest BCUT2D eigenvalue weighted by Gasteiger charge is -2.06. The summed E-state index contributed by atoms with van der Waals surface area (Å²) in [4.78, 5) is 4.39. The third-order valence-corrected chi connectivity index (χ3v) is 3.58. The number of aryl methyl sites for hydroxylation is 3. The van der Waals surface area contributed by atoms with E-state index in [9.17, 15) is 14.4 Å². The Morgan fingerprint density at radius 2 is 1.76 bits per heavy atom. The number of pyridine rings is 1. The van der Waals surface area contributed by atoms with Gasteiger partial charge in [0.05, 0.1) is 6.20 Å². The summed E-state index contributed by atoms with van der Waals surface area (Å²) in [6.07, 6.45) is 1.10. The molecule has 21 heavy (non-hydrogen) atoms. The Kier molecular flexibility index (Phi) is 3.07. The zero-order valence-electron chi connectivity index (χ0n) is 11.9. The quantitative estimate of drug-likeness (QED) is 0.663. The summed E-state index contributed by atoms with van der Waals surface area (Å²) in [7, 11) is -1.88. The van der Waals surface area contributed by atoms with Gasteiger partial charge in [0.15, 0.2) is 5.65 Å². The van der Waals surface area contributed by atoms with Gasteiger partial charge < -0.3 is 10.0 Å². The molecule has 3 aromatic rings. The molecule has 0 aliphatic heterocycles. The van der Waals surface area contributed by atoms with Crippen LogP contribution in [0.3, 0.4) is 0 Å². The van der Waals surface area contributed by atoms with Gasteiger partial charge in [-0.1, -0.05) is 0 Å². The van der Waals surface area contributed by atoms with Crippen LogP contribution in [-0.4, -0.2) is 36.3 Å². The van der Waals surface area contributed by atoms with Crippen molar-refractivity contribution in [2.24, 2.45) is 0 Å². The predicted octanol–water partition coefficient (Wildman–Crippen LogP) is 0.264. The highest BCUT2D eigenvalue weighted by Gasteiger charge is 2.23. The SMILES string of the molecule is Cc1c(B(O)O)c(F)cn2nc(-n3c(C)ccc3C)nc12. The van der Waals surface area contributed by atoms with Crippen molar-refractivity contribution in [1.29, 1.82) is 0 Å². The summed E-state index contributed by atoms with van der Waals surface area (Å²) in [5, 5.41) is 22.8. The average molecular weight is 288 g/mol. The van der Waals surface area contributed by atoms with Gasteiger partial charge in [0.2, 0.25) is 0 Å². The Hall–Kier alpha value is -2.19. The van der Waals surface area contributed by atoms with Gasteiger partial charge >= 0.3 is 7.12 Å². The number of aromatic nitrogens is 4. The molecule has 0 fully saturated rings. The minimum atomic E-state index is -1.88. The molecule has 0 aliphatic rings. The van der Waals surface area contributed by atoms with E-state index in [4.69, 9.17) is 0 Å². The van der Waals surface area contributed by atoms with E-state index in [2.05, 4.69) is 10.1 Å². The molecule has 0 saturated heterocycles. The molecule has 3 heterocycles. The fourth-order valence-electron chi connectivity index (χ4n) is 2.53. The number of rotatable bonds is 2. The third kappa shape index (κ3) is 2.03. The zero-order chi connectivity index (χ0) is 15.3. The Labute approximate surface area is 120 Å². The molecule has 0 radical (unpaired) electrons. The lowest BCUT2D eigenvalue weighted by Crippen LogP contribution is -2.35. The molecule has 2 N–H and O–H groups in total. The lowest BCUT2D eigenvalue weighted by atomic mass is 9.77. The summed E-state index contributed by atoms with van der Waals surface area (Å²) in [6, 6.07) is 3.88. The molecule has 0 atom stereocenters. The molecule has 0 amide bonds. The van der Waals surface area contributed by atoms with Gasteiger partial charge in [-0.05, 0) is 38.5 Å². The summed E-state index contributed by atoms with van der Waals surface area (Å²) in [6.45, 7) is 5.44. The number of halogens is 1. The van der Waals surface area contributed by atoms with E-state index in [0.29, 0.717) is 17.2 Å². The average Bonchev–Trinajstić information content (AvgIpc) is 2.92. The van der Waals surface area contributed by atoms with Crippen LogP contribution in [0.5, 0.6) is 0 Å². The van der Waals surface area contributed by atoms with Crippen LogP contribution in [0.25, 0.3) is 11.6 Å². The van der Waals surface area contributed by atoms with Gasteiger partial charge in [-0.2, -0.15) is 4.98 Å². The van der Waals surface area contributed by atoms with Gasteiger partial charge in [0.1, 0.15) is 5.82 Å². The minimum Gasteiger partial charge on any atom is -0.423 e. The maximum Gasteiger partial charge on any atom is 0.491 e. The van der Waals surface area contributed by atoms with E-state index in [-0.39, 0.29) is 5.46 Å². The Balaban J connectivity index is 2.29. The van der Waals surface area contributed by atoms with E-state index in [1.807, 2.05) is 30.5 Å². The number of nitrogens with zero attached hydrogens (tertiary/aromatic N) is 4. The van der Waals surface area contributed by atoms with Crippen LogP contribution in [0.2, 0.25) is 0 Å². The number of fused-ring (bicyclic) bond motifs is 1. The standard InChI is InChI=1S/C13H14BFN4O2/c1-7-4-5-8(2)19(7)13-16-12-9(3)11(14(20)21)10(15)6-18(12)17-13/h4-6,20-21H,1-3H3. The van der Waals surface area contributed by atoms with Crippen molar-refractivity contribution in [3.63, 3.8) is 0 Å². The highest BCUT2D eigenvalue weighted by Crippen LogP contribution is 2.16. The molecule has 108 valence electrons. The predicted molar refractivity (Wildman–Crippen MR) is 76.3 cm³/mol. The fourth-order valence-corrected chi connectivity index (χ4v) is 2.53. The molecule has 0 aliphatic carbocycles. The van der Waals surface area contributed by atoms with Crippen LogP contribution < -0.4 is 5.46 Å². The molecule has 0 spiro atoms. The zero-order valence-corrected chi connectivity index (χ0v) is 11.9. The van der Waals surface area contributed by atoms with Crippen molar-refractivity contribution in [3.8, 4) is 5.95 Å². The summed E-state index contributed by atoms with van der Waals surface area (Å²) < 4.78 is 17.1. The van der Waals surface area contributed by atoms with Crippen LogP contribution in [0.15, 0.2) is 18.3 Å². The first-order valence-corrected chi connectivity index (χ1v) is 6.47. The third-order valence-electron chi connectivity index (χ3n) is 3.58. The number of hydrogen-bond acceptors (Lipinski definition) is 4. The molecular formula is C13H14BFN4O2. The Morgan fingerprint density at radius 3 is 2.33 bits per heavy atom. The van der Waals surface area contributed by atoms with Gasteiger partial charge in [0.25, 0.3) is 5.95 Å². The van der Waals surface area contributed by atoms with Crippen molar-refractivity contribution in [2.75, 3.05) is 0 Å². The van der Waals surface area contributed by atoms with Crippen LogP contribution >= 0.6 is 0 Å². The summed E-state index contributed by atoms with van der Waals surface area (Å²) in [5.74, 6) is -0.311. The highest BCUT2D eigenvalue weighted by molar-refractivity contribution is 6.59. The lowest BCUT2D eigenvalue weighted by molar-refractivity contribution is 0.422. The summed E-state index contributed by atoms with van der Waals surface area (Å²) in [5.41, 5.74) is 2.49. The van der Waals surface area contributed by atoms with E-state index >= 15 is 0 Å². The normalized spacial score (nSPS) is 11.3. The van der Waals surface area contributed by atoms with E-state index in [0.717, 1.165) is 17.6 Å². The second-order valence-corrected chi connectivity index (χ2v) is 5.02. The van der Waals surface area contributed by atoms with E-state index in [1.165, 1.54) is 4.52 Å². The van der Waals surface area contributed by atoms with Crippen LogP contribution in [0.1, 0.15) is 17.0 Å². The summed E-state index contributed by atoms with van der Waals surface area (Å²) >= 11 is 0. The van der Waals surface area contributed by atoms with Crippen molar-refractivity contribution < 1.29 is 14.4 Å². The van der Waals surface area contributed by atoms with Gasteiger partial charge in [-0.3, -0.25) is 4.57 Å².